The van der Waals surface area contributed by atoms with E-state index in [-0.39, 0.29) is 0 Å². The van der Waals surface area contributed by atoms with Gasteiger partial charge < -0.3 is 10.2 Å². The number of aliphatic hydroxyl groups excluding tert-OH is 2. The van der Waals surface area contributed by atoms with Crippen molar-refractivity contribution in [1.82, 2.24) is 0 Å². The number of halogens is 1. The number of rotatable bonds is 4. The summed E-state index contributed by atoms with van der Waals surface area (Å²) < 4.78 is 0. The van der Waals surface area contributed by atoms with Crippen LogP contribution in [0.3, 0.4) is 0 Å². The molecule has 2 nitrogen and oxygen atoms in total. The maximum Gasteiger partial charge on any atom is 0.106 e. The second-order valence-electron chi connectivity index (χ2n) is 2.55. The molecule has 0 bridgehead atoms. The summed E-state index contributed by atoms with van der Waals surface area (Å²) in [7, 11) is 0. The molecule has 0 radical (unpaired) electrons. The Morgan fingerprint density at radius 1 is 1.50 bits per heavy atom. The molecule has 0 saturated carbocycles. The Balaban J connectivity index is 2.53. The van der Waals surface area contributed by atoms with Gasteiger partial charge in [0, 0.05) is 5.88 Å². The molecular weight excluding hydrogens is 196 g/mol. The van der Waals surface area contributed by atoms with Crippen LogP contribution in [0.4, 0.5) is 0 Å². The maximum atomic E-state index is 9.51. The SMILES string of the molecule is OC(CCCl)C(O)c1ccsc1. The van der Waals surface area contributed by atoms with Crippen molar-refractivity contribution in [3.63, 3.8) is 0 Å². The smallest absolute Gasteiger partial charge is 0.106 e. The summed E-state index contributed by atoms with van der Waals surface area (Å²) in [4.78, 5) is 0. The van der Waals surface area contributed by atoms with Crippen molar-refractivity contribution in [2.24, 2.45) is 0 Å². The van der Waals surface area contributed by atoms with Gasteiger partial charge in [-0.3, -0.25) is 0 Å². The van der Waals surface area contributed by atoms with Crippen molar-refractivity contribution in [3.05, 3.63) is 22.4 Å². The van der Waals surface area contributed by atoms with Gasteiger partial charge in [0.15, 0.2) is 0 Å². The molecule has 2 unspecified atom stereocenters. The van der Waals surface area contributed by atoms with Gasteiger partial charge in [-0.1, -0.05) is 0 Å². The van der Waals surface area contributed by atoms with Crippen LogP contribution in [0.1, 0.15) is 18.1 Å². The Bertz CT molecular complexity index is 213. The Morgan fingerprint density at radius 2 is 2.25 bits per heavy atom. The summed E-state index contributed by atoms with van der Waals surface area (Å²) in [5.74, 6) is 0.363. The molecular formula is C8H11ClO2S. The van der Waals surface area contributed by atoms with Crippen molar-refractivity contribution >= 4 is 22.9 Å². The Kier molecular flexibility index (Phi) is 4.01. The lowest BCUT2D eigenvalue weighted by atomic mass is 10.1. The molecule has 0 saturated heterocycles. The van der Waals surface area contributed by atoms with Crippen LogP contribution in [0.2, 0.25) is 0 Å². The molecule has 2 N–H and O–H groups in total. The van der Waals surface area contributed by atoms with E-state index in [1.54, 1.807) is 6.07 Å². The molecule has 0 aliphatic carbocycles. The summed E-state index contributed by atoms with van der Waals surface area (Å²) in [6.07, 6.45) is -1.13. The fraction of sp³-hybridized carbons (Fsp3) is 0.500. The van der Waals surface area contributed by atoms with Crippen molar-refractivity contribution in [2.75, 3.05) is 5.88 Å². The van der Waals surface area contributed by atoms with Crippen LogP contribution in [-0.2, 0) is 0 Å². The van der Waals surface area contributed by atoms with Crippen LogP contribution in [0.15, 0.2) is 16.8 Å². The molecule has 1 aromatic rings. The highest BCUT2D eigenvalue weighted by atomic mass is 35.5. The van der Waals surface area contributed by atoms with Crippen LogP contribution in [0.5, 0.6) is 0 Å². The second-order valence-corrected chi connectivity index (χ2v) is 3.70. The van der Waals surface area contributed by atoms with Gasteiger partial charge in [-0.05, 0) is 28.8 Å². The van der Waals surface area contributed by atoms with Crippen molar-refractivity contribution in [3.8, 4) is 0 Å². The van der Waals surface area contributed by atoms with Crippen molar-refractivity contribution < 1.29 is 10.2 Å². The first-order valence-electron chi connectivity index (χ1n) is 3.70. The van der Waals surface area contributed by atoms with E-state index >= 15 is 0 Å². The zero-order valence-corrected chi connectivity index (χ0v) is 8.05. The normalized spacial score (nSPS) is 15.9. The lowest BCUT2D eigenvalue weighted by Gasteiger charge is -2.15. The fourth-order valence-corrected chi connectivity index (χ4v) is 1.85. The molecule has 0 spiro atoms. The first kappa shape index (κ1) is 9.99. The maximum absolute atomic E-state index is 9.51. The molecule has 2 atom stereocenters. The van der Waals surface area contributed by atoms with Crippen LogP contribution < -0.4 is 0 Å². The molecule has 0 fully saturated rings. The van der Waals surface area contributed by atoms with Crippen LogP contribution in [0, 0.1) is 0 Å². The minimum absolute atomic E-state index is 0.363. The molecule has 12 heavy (non-hydrogen) atoms. The highest BCUT2D eigenvalue weighted by Gasteiger charge is 2.17. The van der Waals surface area contributed by atoms with Crippen molar-refractivity contribution in [1.29, 1.82) is 0 Å². The first-order chi connectivity index (χ1) is 5.75. The van der Waals surface area contributed by atoms with E-state index in [9.17, 15) is 10.2 Å². The molecule has 1 aromatic heterocycles. The molecule has 0 aliphatic rings. The average Bonchev–Trinajstić information content (AvgIpc) is 2.55. The Hall–Kier alpha value is -0.0900. The lowest BCUT2D eigenvalue weighted by Crippen LogP contribution is -2.17. The van der Waals surface area contributed by atoms with Gasteiger partial charge in [-0.25, -0.2) is 0 Å². The number of aliphatic hydroxyl groups is 2. The number of thiophene rings is 1. The van der Waals surface area contributed by atoms with Gasteiger partial charge in [0.2, 0.25) is 0 Å². The predicted octanol–water partition coefficient (Wildman–Crippen LogP) is 1.77. The number of hydrogen-bond donors (Lipinski definition) is 2. The third kappa shape index (κ3) is 2.45. The molecule has 1 rings (SSSR count). The van der Waals surface area contributed by atoms with E-state index in [4.69, 9.17) is 11.6 Å². The molecule has 68 valence electrons. The zero-order chi connectivity index (χ0) is 8.97. The van der Waals surface area contributed by atoms with E-state index in [0.29, 0.717) is 12.3 Å². The van der Waals surface area contributed by atoms with Gasteiger partial charge in [-0.15, -0.1) is 11.6 Å². The van der Waals surface area contributed by atoms with E-state index < -0.39 is 12.2 Å². The summed E-state index contributed by atoms with van der Waals surface area (Å²) >= 11 is 6.93. The number of hydrogen-bond acceptors (Lipinski definition) is 3. The monoisotopic (exact) mass is 206 g/mol. The van der Waals surface area contributed by atoms with E-state index in [1.165, 1.54) is 11.3 Å². The fourth-order valence-electron chi connectivity index (χ4n) is 0.935. The van der Waals surface area contributed by atoms with E-state index in [1.807, 2.05) is 10.8 Å². The van der Waals surface area contributed by atoms with Crippen LogP contribution in [0.25, 0.3) is 0 Å². The summed E-state index contributed by atoms with van der Waals surface area (Å²) in [6, 6.07) is 1.80. The van der Waals surface area contributed by atoms with Crippen molar-refractivity contribution in [2.45, 2.75) is 18.6 Å². The van der Waals surface area contributed by atoms with Gasteiger partial charge in [0.1, 0.15) is 6.10 Å². The average molecular weight is 207 g/mol. The largest absolute Gasteiger partial charge is 0.390 e. The zero-order valence-electron chi connectivity index (χ0n) is 6.48. The van der Waals surface area contributed by atoms with Gasteiger partial charge in [-0.2, -0.15) is 11.3 Å². The molecule has 0 aliphatic heterocycles. The highest BCUT2D eigenvalue weighted by Crippen LogP contribution is 2.21. The van der Waals surface area contributed by atoms with Crippen LogP contribution in [-0.4, -0.2) is 22.2 Å². The lowest BCUT2D eigenvalue weighted by molar-refractivity contribution is 0.0172. The second kappa shape index (κ2) is 4.82. The molecule has 4 heteroatoms. The third-order valence-corrected chi connectivity index (χ3v) is 2.57. The van der Waals surface area contributed by atoms with Gasteiger partial charge in [0.25, 0.3) is 0 Å². The quantitative estimate of drug-likeness (QED) is 0.738. The van der Waals surface area contributed by atoms with Gasteiger partial charge >= 0.3 is 0 Å². The minimum Gasteiger partial charge on any atom is -0.390 e. The summed E-state index contributed by atoms with van der Waals surface area (Å²) in [5, 5.41) is 22.6. The summed E-state index contributed by atoms with van der Waals surface area (Å²) in [6.45, 7) is 0. The molecule has 0 amide bonds. The third-order valence-electron chi connectivity index (χ3n) is 1.65. The topological polar surface area (TPSA) is 40.5 Å². The van der Waals surface area contributed by atoms with Gasteiger partial charge in [0.05, 0.1) is 6.10 Å². The first-order valence-corrected chi connectivity index (χ1v) is 5.17. The minimum atomic E-state index is -0.796. The molecule has 0 aromatic carbocycles. The summed E-state index contributed by atoms with van der Waals surface area (Å²) in [5.41, 5.74) is 0.762. The molecule has 1 heterocycles. The Morgan fingerprint density at radius 3 is 2.75 bits per heavy atom. The number of alkyl halides is 1. The van der Waals surface area contributed by atoms with E-state index in [2.05, 4.69) is 0 Å². The predicted molar refractivity (Wildman–Crippen MR) is 50.6 cm³/mol. The van der Waals surface area contributed by atoms with Crippen LogP contribution >= 0.6 is 22.9 Å². The van der Waals surface area contributed by atoms with E-state index in [0.717, 1.165) is 5.56 Å². The standard InChI is InChI=1S/C8H11ClO2S/c9-3-1-7(10)8(11)6-2-4-12-5-6/h2,4-5,7-8,10-11H,1,3H2. The Labute approximate surface area is 80.4 Å². The highest BCUT2D eigenvalue weighted by molar-refractivity contribution is 7.07.